The minimum absolute atomic E-state index is 0.257. The molecule has 1 aliphatic rings. The van der Waals surface area contributed by atoms with Crippen LogP contribution in [0.5, 0.6) is 0 Å². The average molecular weight is 397 g/mol. The summed E-state index contributed by atoms with van der Waals surface area (Å²) in [6.45, 7) is 5.83. The lowest BCUT2D eigenvalue weighted by atomic mass is 10.0. The highest BCUT2D eigenvalue weighted by Crippen LogP contribution is 2.28. The number of nitrogens with zero attached hydrogens (tertiary/aromatic N) is 2. The second-order valence-corrected chi connectivity index (χ2v) is 9.80. The predicted octanol–water partition coefficient (Wildman–Crippen LogP) is 1.90. The highest BCUT2D eigenvalue weighted by molar-refractivity contribution is 7.91. The molecule has 3 rings (SSSR count). The highest BCUT2D eigenvalue weighted by Gasteiger charge is 2.19. The topological polar surface area (TPSA) is 95.2 Å². The van der Waals surface area contributed by atoms with E-state index in [1.54, 1.807) is 18.2 Å². The van der Waals surface area contributed by atoms with E-state index >= 15 is 0 Å². The summed E-state index contributed by atoms with van der Waals surface area (Å²) < 4.78 is 27.8. The molecule has 0 aliphatic carbocycles. The van der Waals surface area contributed by atoms with E-state index in [1.807, 2.05) is 0 Å². The number of H-pyrrole nitrogens is 1. The number of hydrogen-bond acceptors (Lipinski definition) is 6. The Morgan fingerprint density at radius 3 is 2.92 bits per heavy atom. The second-order valence-electron chi connectivity index (χ2n) is 6.72. The predicted molar refractivity (Wildman–Crippen MR) is 103 cm³/mol. The first-order chi connectivity index (χ1) is 12.4. The molecule has 3 heterocycles. The van der Waals surface area contributed by atoms with Crippen molar-refractivity contribution in [2.45, 2.75) is 30.4 Å². The van der Waals surface area contributed by atoms with Crippen LogP contribution in [-0.4, -0.2) is 49.7 Å². The van der Waals surface area contributed by atoms with Gasteiger partial charge in [-0.1, -0.05) is 6.92 Å². The number of nitrogens with one attached hydrogen (secondary N) is 2. The Bertz CT molecular complexity index is 871. The standard InChI is InChI=1S/C17H24N4O3S2/c1-13-4-2-10-21(12-13)11-3-9-18-26(23,24)17-8-6-15(25-17)14-5-7-16(22)20-19-14/h5-8,13,18H,2-4,9-12H2,1H3,(H,20,22)/t13-/m1/s1. The first-order valence-corrected chi connectivity index (χ1v) is 11.1. The fraction of sp³-hybridized carbons (Fsp3) is 0.529. The number of thiophene rings is 1. The van der Waals surface area contributed by atoms with Crippen molar-refractivity contribution in [3.63, 3.8) is 0 Å². The molecule has 0 radical (unpaired) electrons. The van der Waals surface area contributed by atoms with Gasteiger partial charge in [0.1, 0.15) is 9.90 Å². The Balaban J connectivity index is 1.53. The first kappa shape index (κ1) is 19.2. The van der Waals surface area contributed by atoms with Crippen LogP contribution in [0.2, 0.25) is 0 Å². The third-order valence-corrected chi connectivity index (χ3v) is 7.52. The van der Waals surface area contributed by atoms with Crippen LogP contribution in [-0.2, 0) is 10.0 Å². The van der Waals surface area contributed by atoms with Gasteiger partial charge in [-0.2, -0.15) is 5.10 Å². The zero-order valence-corrected chi connectivity index (χ0v) is 16.4. The number of sulfonamides is 1. The van der Waals surface area contributed by atoms with Gasteiger partial charge >= 0.3 is 0 Å². The molecule has 1 fully saturated rings. The largest absolute Gasteiger partial charge is 0.303 e. The van der Waals surface area contributed by atoms with Gasteiger partial charge in [0.25, 0.3) is 5.56 Å². The molecular weight excluding hydrogens is 372 g/mol. The van der Waals surface area contributed by atoms with E-state index in [0.29, 0.717) is 17.1 Å². The fourth-order valence-corrected chi connectivity index (χ4v) is 5.55. The minimum atomic E-state index is -3.52. The molecule has 0 unspecified atom stereocenters. The van der Waals surface area contributed by atoms with Crippen molar-refractivity contribution in [1.82, 2.24) is 19.8 Å². The molecule has 0 spiro atoms. The lowest BCUT2D eigenvalue weighted by molar-refractivity contribution is 0.182. The van der Waals surface area contributed by atoms with Crippen LogP contribution >= 0.6 is 11.3 Å². The van der Waals surface area contributed by atoms with Crippen LogP contribution in [0.15, 0.2) is 33.3 Å². The normalized spacial score (nSPS) is 18.9. The third kappa shape index (κ3) is 5.00. The number of piperidine rings is 1. The van der Waals surface area contributed by atoms with Gasteiger partial charge in [-0.25, -0.2) is 18.2 Å². The lowest BCUT2D eigenvalue weighted by Gasteiger charge is -2.30. The van der Waals surface area contributed by atoms with Crippen molar-refractivity contribution in [2.75, 3.05) is 26.2 Å². The summed E-state index contributed by atoms with van der Waals surface area (Å²) in [6, 6.07) is 6.22. The van der Waals surface area contributed by atoms with E-state index in [0.717, 1.165) is 43.3 Å². The molecular formula is C17H24N4O3S2. The summed E-state index contributed by atoms with van der Waals surface area (Å²) in [5.74, 6) is 0.728. The SMILES string of the molecule is C[C@@H]1CCCN(CCCNS(=O)(=O)c2ccc(-c3ccc(=O)[nH]n3)s2)C1. The van der Waals surface area contributed by atoms with Gasteiger partial charge in [0.15, 0.2) is 0 Å². The van der Waals surface area contributed by atoms with Crippen molar-refractivity contribution >= 4 is 21.4 Å². The Morgan fingerprint density at radius 1 is 1.35 bits per heavy atom. The summed E-state index contributed by atoms with van der Waals surface area (Å²) in [5.41, 5.74) is 0.262. The van der Waals surface area contributed by atoms with Gasteiger partial charge in [-0.05, 0) is 56.5 Å². The van der Waals surface area contributed by atoms with E-state index in [1.165, 1.54) is 18.9 Å². The van der Waals surface area contributed by atoms with Crippen LogP contribution in [0.3, 0.4) is 0 Å². The summed E-state index contributed by atoms with van der Waals surface area (Å²) in [4.78, 5) is 14.2. The maximum atomic E-state index is 12.4. The van der Waals surface area contributed by atoms with Crippen molar-refractivity contribution in [3.8, 4) is 10.6 Å². The van der Waals surface area contributed by atoms with Crippen molar-refractivity contribution in [2.24, 2.45) is 5.92 Å². The number of likely N-dealkylation sites (tertiary alicyclic amines) is 1. The van der Waals surface area contributed by atoms with E-state index in [9.17, 15) is 13.2 Å². The lowest BCUT2D eigenvalue weighted by Crippen LogP contribution is -2.36. The molecule has 0 bridgehead atoms. The molecule has 0 aromatic carbocycles. The van der Waals surface area contributed by atoms with Gasteiger partial charge in [-0.15, -0.1) is 11.3 Å². The van der Waals surface area contributed by atoms with Crippen LogP contribution in [0.25, 0.3) is 10.6 Å². The number of aromatic nitrogens is 2. The fourth-order valence-electron chi connectivity index (χ4n) is 3.15. The van der Waals surface area contributed by atoms with Gasteiger partial charge in [0, 0.05) is 19.2 Å². The summed E-state index contributed by atoms with van der Waals surface area (Å²) >= 11 is 1.14. The monoisotopic (exact) mass is 396 g/mol. The molecule has 1 aliphatic heterocycles. The Labute approximate surface area is 157 Å². The van der Waals surface area contributed by atoms with Gasteiger partial charge in [0.05, 0.1) is 4.88 Å². The molecule has 9 heteroatoms. The molecule has 1 saturated heterocycles. The van der Waals surface area contributed by atoms with Crippen molar-refractivity contribution < 1.29 is 8.42 Å². The molecule has 0 saturated carbocycles. The molecule has 1 atom stereocenters. The molecule has 2 aromatic heterocycles. The van der Waals surface area contributed by atoms with Gasteiger partial charge < -0.3 is 4.90 Å². The molecule has 142 valence electrons. The molecule has 2 aromatic rings. The molecule has 7 nitrogen and oxygen atoms in total. The Kier molecular flexibility index (Phi) is 6.23. The minimum Gasteiger partial charge on any atom is -0.303 e. The molecule has 2 N–H and O–H groups in total. The van der Waals surface area contributed by atoms with Crippen molar-refractivity contribution in [1.29, 1.82) is 0 Å². The van der Waals surface area contributed by atoms with Crippen LogP contribution in [0.1, 0.15) is 26.2 Å². The number of rotatable bonds is 7. The van der Waals surface area contributed by atoms with E-state index in [4.69, 9.17) is 0 Å². The number of hydrogen-bond donors (Lipinski definition) is 2. The Morgan fingerprint density at radius 2 is 2.19 bits per heavy atom. The third-order valence-electron chi connectivity index (χ3n) is 4.46. The zero-order valence-electron chi connectivity index (χ0n) is 14.8. The van der Waals surface area contributed by atoms with Gasteiger partial charge in [0.2, 0.25) is 10.0 Å². The van der Waals surface area contributed by atoms with E-state index in [2.05, 4.69) is 26.7 Å². The van der Waals surface area contributed by atoms with E-state index < -0.39 is 10.0 Å². The maximum Gasteiger partial charge on any atom is 0.264 e. The Hall–Kier alpha value is -1.55. The van der Waals surface area contributed by atoms with Crippen molar-refractivity contribution in [3.05, 3.63) is 34.6 Å². The van der Waals surface area contributed by atoms with E-state index in [-0.39, 0.29) is 9.77 Å². The maximum absolute atomic E-state index is 12.4. The summed E-state index contributed by atoms with van der Waals surface area (Å²) in [7, 11) is -3.52. The van der Waals surface area contributed by atoms with Crippen LogP contribution in [0, 0.1) is 5.92 Å². The quantitative estimate of drug-likeness (QED) is 0.697. The summed E-state index contributed by atoms with van der Waals surface area (Å²) in [5, 5.41) is 6.28. The molecule has 26 heavy (non-hydrogen) atoms. The first-order valence-electron chi connectivity index (χ1n) is 8.82. The van der Waals surface area contributed by atoms with Gasteiger partial charge in [-0.3, -0.25) is 4.79 Å². The van der Waals surface area contributed by atoms with Crippen LogP contribution < -0.4 is 10.3 Å². The highest BCUT2D eigenvalue weighted by atomic mass is 32.2. The smallest absolute Gasteiger partial charge is 0.264 e. The number of aromatic amines is 1. The zero-order chi connectivity index (χ0) is 18.6. The average Bonchev–Trinajstić information content (AvgIpc) is 3.11. The second kappa shape index (κ2) is 8.43. The summed E-state index contributed by atoms with van der Waals surface area (Å²) in [6.07, 6.45) is 3.31. The molecule has 0 amide bonds. The van der Waals surface area contributed by atoms with Crippen LogP contribution in [0.4, 0.5) is 0 Å².